The Hall–Kier alpha value is -2.67. The van der Waals surface area contributed by atoms with E-state index in [-0.39, 0.29) is 17.1 Å². The summed E-state index contributed by atoms with van der Waals surface area (Å²) >= 11 is 0. The van der Waals surface area contributed by atoms with Crippen molar-refractivity contribution in [3.05, 3.63) is 64.7 Å². The first-order valence-electron chi connectivity index (χ1n) is 7.37. The Bertz CT molecular complexity index is 898. The molecule has 0 radical (unpaired) electrons. The number of rotatable bonds is 5. The largest absolute Gasteiger partial charge is 0.465 e. The van der Waals surface area contributed by atoms with Crippen LogP contribution in [0.1, 0.15) is 31.8 Å². The van der Waals surface area contributed by atoms with Gasteiger partial charge in [-0.25, -0.2) is 18.0 Å². The highest BCUT2D eigenvalue weighted by molar-refractivity contribution is 7.90. The molecule has 25 heavy (non-hydrogen) atoms. The summed E-state index contributed by atoms with van der Waals surface area (Å²) in [6.07, 6.45) is 1.08. The van der Waals surface area contributed by atoms with Crippen molar-refractivity contribution >= 4 is 21.8 Å². The van der Waals surface area contributed by atoms with Crippen LogP contribution in [0.2, 0.25) is 0 Å². The molecule has 0 unspecified atom stereocenters. The van der Waals surface area contributed by atoms with Crippen molar-refractivity contribution < 1.29 is 27.5 Å². The lowest BCUT2D eigenvalue weighted by Crippen LogP contribution is -2.09. The Kier molecular flexibility index (Phi) is 5.58. The van der Waals surface area contributed by atoms with E-state index >= 15 is 0 Å². The number of methoxy groups -OCH3 is 1. The zero-order valence-electron chi connectivity index (χ0n) is 14.1. The van der Waals surface area contributed by atoms with Crippen LogP contribution < -0.4 is 0 Å². The molecule has 0 heterocycles. The average Bonchev–Trinajstić information content (AvgIpc) is 2.58. The summed E-state index contributed by atoms with van der Waals surface area (Å²) in [4.78, 5) is 23.7. The molecular formula is C18H18O6S. The highest BCUT2D eigenvalue weighted by Gasteiger charge is 2.16. The second kappa shape index (κ2) is 7.48. The van der Waals surface area contributed by atoms with E-state index in [1.165, 1.54) is 19.2 Å². The molecule has 0 aromatic heterocycles. The molecule has 0 aliphatic carbocycles. The molecule has 0 aliphatic rings. The van der Waals surface area contributed by atoms with Crippen LogP contribution in [0, 0.1) is 6.92 Å². The summed E-state index contributed by atoms with van der Waals surface area (Å²) in [6, 6.07) is 10.8. The van der Waals surface area contributed by atoms with Gasteiger partial charge in [0.25, 0.3) is 0 Å². The van der Waals surface area contributed by atoms with Crippen molar-refractivity contribution in [3.8, 4) is 0 Å². The zero-order chi connectivity index (χ0) is 18.6. The van der Waals surface area contributed by atoms with Crippen molar-refractivity contribution in [1.82, 2.24) is 0 Å². The fourth-order valence-electron chi connectivity index (χ4n) is 2.13. The van der Waals surface area contributed by atoms with Gasteiger partial charge < -0.3 is 9.47 Å². The predicted octanol–water partition coefficient (Wildman–Crippen LogP) is 2.54. The third kappa shape index (κ3) is 4.67. The van der Waals surface area contributed by atoms with Gasteiger partial charge >= 0.3 is 11.9 Å². The van der Waals surface area contributed by atoms with Crippen LogP contribution in [0.15, 0.2) is 47.4 Å². The quantitative estimate of drug-likeness (QED) is 0.760. The number of carbonyl (C=O) groups is 2. The van der Waals surface area contributed by atoms with Gasteiger partial charge in [0, 0.05) is 6.26 Å². The Morgan fingerprint density at radius 1 is 1.00 bits per heavy atom. The van der Waals surface area contributed by atoms with Gasteiger partial charge in [-0.3, -0.25) is 0 Å². The maximum Gasteiger partial charge on any atom is 0.338 e. The van der Waals surface area contributed by atoms with E-state index in [0.29, 0.717) is 16.7 Å². The first-order chi connectivity index (χ1) is 11.7. The molecule has 0 aliphatic heterocycles. The first kappa shape index (κ1) is 18.7. The van der Waals surface area contributed by atoms with Crippen molar-refractivity contribution in [2.45, 2.75) is 18.4 Å². The van der Waals surface area contributed by atoms with Gasteiger partial charge in [-0.05, 0) is 42.3 Å². The summed E-state index contributed by atoms with van der Waals surface area (Å²) in [6.45, 7) is 1.70. The molecule has 0 spiro atoms. The maximum atomic E-state index is 12.2. The molecule has 7 heteroatoms. The molecule has 6 nitrogen and oxygen atoms in total. The third-order valence-corrected chi connectivity index (χ3v) is 4.71. The van der Waals surface area contributed by atoms with E-state index in [2.05, 4.69) is 4.74 Å². The smallest absolute Gasteiger partial charge is 0.338 e. The lowest BCUT2D eigenvalue weighted by Gasteiger charge is -2.09. The predicted molar refractivity (Wildman–Crippen MR) is 91.2 cm³/mol. The fraction of sp³-hybridized carbons (Fsp3) is 0.222. The SMILES string of the molecule is COC(=O)c1ccc(COC(=O)c2cc(S(C)(=O)=O)ccc2C)cc1. The third-order valence-electron chi connectivity index (χ3n) is 3.60. The topological polar surface area (TPSA) is 86.7 Å². The zero-order valence-corrected chi connectivity index (χ0v) is 14.9. The van der Waals surface area contributed by atoms with Gasteiger partial charge in [0.05, 0.1) is 23.1 Å². The molecule has 0 amide bonds. The van der Waals surface area contributed by atoms with Gasteiger partial charge in [0.2, 0.25) is 0 Å². The molecule has 0 N–H and O–H groups in total. The van der Waals surface area contributed by atoms with Crippen LogP contribution in [0.25, 0.3) is 0 Å². The number of benzene rings is 2. The normalized spacial score (nSPS) is 11.0. The highest BCUT2D eigenvalue weighted by Crippen LogP contribution is 2.17. The van der Waals surface area contributed by atoms with Gasteiger partial charge in [-0.2, -0.15) is 0 Å². The Balaban J connectivity index is 2.11. The maximum absolute atomic E-state index is 12.2. The number of aryl methyl sites for hydroxylation is 1. The molecule has 0 bridgehead atoms. The van der Waals surface area contributed by atoms with Crippen molar-refractivity contribution in [3.63, 3.8) is 0 Å². The summed E-state index contributed by atoms with van der Waals surface area (Å²) in [5.74, 6) is -1.06. The Morgan fingerprint density at radius 2 is 1.64 bits per heavy atom. The minimum Gasteiger partial charge on any atom is -0.465 e. The number of carbonyl (C=O) groups excluding carboxylic acids is 2. The highest BCUT2D eigenvalue weighted by atomic mass is 32.2. The van der Waals surface area contributed by atoms with Crippen LogP contribution in [-0.2, 0) is 25.9 Å². The van der Waals surface area contributed by atoms with Crippen LogP contribution in [0.3, 0.4) is 0 Å². The summed E-state index contributed by atoms with van der Waals surface area (Å²) in [7, 11) is -2.11. The number of hydrogen-bond donors (Lipinski definition) is 0. The Labute approximate surface area is 146 Å². The summed E-state index contributed by atoms with van der Waals surface area (Å²) < 4.78 is 33.1. The van der Waals surface area contributed by atoms with E-state index in [0.717, 1.165) is 6.26 Å². The second-order valence-corrected chi connectivity index (χ2v) is 7.53. The molecule has 0 atom stereocenters. The van der Waals surface area contributed by atoms with Crippen LogP contribution in [-0.4, -0.2) is 33.7 Å². The number of ether oxygens (including phenoxy) is 2. The average molecular weight is 362 g/mol. The molecule has 132 valence electrons. The van der Waals surface area contributed by atoms with E-state index in [1.807, 2.05) is 0 Å². The summed E-state index contributed by atoms with van der Waals surface area (Å²) in [5.41, 5.74) is 1.92. The number of esters is 2. The first-order valence-corrected chi connectivity index (χ1v) is 9.26. The van der Waals surface area contributed by atoms with Crippen molar-refractivity contribution in [1.29, 1.82) is 0 Å². The van der Waals surface area contributed by atoms with E-state index in [1.54, 1.807) is 37.3 Å². The minimum absolute atomic E-state index is 0.00281. The second-order valence-electron chi connectivity index (χ2n) is 5.51. The lowest BCUT2D eigenvalue weighted by molar-refractivity contribution is 0.0470. The molecule has 0 saturated heterocycles. The van der Waals surface area contributed by atoms with Crippen LogP contribution in [0.4, 0.5) is 0 Å². The van der Waals surface area contributed by atoms with Gasteiger partial charge in [0.1, 0.15) is 6.61 Å². The fourth-order valence-corrected chi connectivity index (χ4v) is 2.78. The van der Waals surface area contributed by atoms with Crippen molar-refractivity contribution in [2.75, 3.05) is 13.4 Å². The van der Waals surface area contributed by atoms with Gasteiger partial charge in [0.15, 0.2) is 9.84 Å². The number of hydrogen-bond acceptors (Lipinski definition) is 6. The van der Waals surface area contributed by atoms with E-state index in [9.17, 15) is 18.0 Å². The van der Waals surface area contributed by atoms with E-state index < -0.39 is 21.8 Å². The molecule has 0 saturated carbocycles. The Morgan fingerprint density at radius 3 is 2.20 bits per heavy atom. The van der Waals surface area contributed by atoms with Gasteiger partial charge in [-0.15, -0.1) is 0 Å². The van der Waals surface area contributed by atoms with Gasteiger partial charge in [-0.1, -0.05) is 18.2 Å². The molecule has 2 rings (SSSR count). The van der Waals surface area contributed by atoms with Crippen LogP contribution in [0.5, 0.6) is 0 Å². The number of sulfone groups is 1. The van der Waals surface area contributed by atoms with Crippen LogP contribution >= 0.6 is 0 Å². The minimum atomic E-state index is -3.41. The van der Waals surface area contributed by atoms with E-state index in [4.69, 9.17) is 4.74 Å². The molecular weight excluding hydrogens is 344 g/mol. The summed E-state index contributed by atoms with van der Waals surface area (Å²) in [5, 5.41) is 0. The molecule has 2 aromatic rings. The molecule has 2 aromatic carbocycles. The van der Waals surface area contributed by atoms with Crippen molar-refractivity contribution in [2.24, 2.45) is 0 Å². The standard InChI is InChI=1S/C18H18O6S/c1-12-4-9-15(25(3,21)22)10-16(12)18(20)24-11-13-5-7-14(8-6-13)17(19)23-2/h4-10H,11H2,1-3H3. The lowest BCUT2D eigenvalue weighted by atomic mass is 10.1. The monoisotopic (exact) mass is 362 g/mol. The molecule has 0 fully saturated rings.